The second kappa shape index (κ2) is 13.5. The first-order chi connectivity index (χ1) is 26.5. The SMILES string of the molecule is Cc1ccc(N2/C(=C3/N(c4ccc(C)cc4)c4cc(C)c(C)cc4N3c3ccc(C(C)(C)C)cc3)N(c3ccc(C(C)(C)C)cc3)c3cc(C)c(C)cc32)cc1. The number of anilines is 8. The fraction of sp³-hybridized carbons (Fsp3) is 0.269. The Kier molecular flexibility index (Phi) is 8.95. The van der Waals surface area contributed by atoms with Crippen molar-refractivity contribution in [1.82, 2.24) is 0 Å². The minimum absolute atomic E-state index is 0.0332. The Bertz CT molecular complexity index is 2300. The minimum atomic E-state index is 0.0332. The molecule has 2 aliphatic heterocycles. The van der Waals surface area contributed by atoms with Gasteiger partial charge in [0.1, 0.15) is 0 Å². The Morgan fingerprint density at radius 1 is 0.304 bits per heavy atom. The predicted octanol–water partition coefficient (Wildman–Crippen LogP) is 14.5. The average Bonchev–Trinajstić information content (AvgIpc) is 3.63. The van der Waals surface area contributed by atoms with E-state index < -0.39 is 0 Å². The lowest BCUT2D eigenvalue weighted by Gasteiger charge is -2.34. The van der Waals surface area contributed by atoms with Crippen molar-refractivity contribution in [2.45, 2.75) is 93.9 Å². The van der Waals surface area contributed by atoms with Crippen molar-refractivity contribution in [3.05, 3.63) is 177 Å². The van der Waals surface area contributed by atoms with E-state index in [1.54, 1.807) is 0 Å². The van der Waals surface area contributed by atoms with E-state index in [2.05, 4.69) is 224 Å². The molecule has 0 saturated heterocycles. The Hall–Kier alpha value is -5.74. The van der Waals surface area contributed by atoms with Crippen molar-refractivity contribution >= 4 is 45.5 Å². The number of aryl methyl sites for hydroxylation is 6. The third-order valence-electron chi connectivity index (χ3n) is 11.8. The minimum Gasteiger partial charge on any atom is -0.291 e. The monoisotopic (exact) mass is 736 g/mol. The second-order valence-electron chi connectivity index (χ2n) is 18.1. The number of benzene rings is 6. The van der Waals surface area contributed by atoms with E-state index in [9.17, 15) is 0 Å². The molecule has 284 valence electrons. The van der Waals surface area contributed by atoms with Gasteiger partial charge >= 0.3 is 0 Å². The van der Waals surface area contributed by atoms with Crippen LogP contribution in [0.15, 0.2) is 133 Å². The summed E-state index contributed by atoms with van der Waals surface area (Å²) in [5, 5.41) is 0. The van der Waals surface area contributed by atoms with Gasteiger partial charge in [-0.05, 0) is 159 Å². The van der Waals surface area contributed by atoms with E-state index in [-0.39, 0.29) is 10.8 Å². The van der Waals surface area contributed by atoms with Crippen LogP contribution in [-0.4, -0.2) is 0 Å². The highest BCUT2D eigenvalue weighted by atomic mass is 15.5. The summed E-state index contributed by atoms with van der Waals surface area (Å²) in [7, 11) is 0. The van der Waals surface area contributed by atoms with Gasteiger partial charge in [0, 0.05) is 22.7 Å². The summed E-state index contributed by atoms with van der Waals surface area (Å²) in [4.78, 5) is 10.0. The molecule has 6 aromatic rings. The molecule has 56 heavy (non-hydrogen) atoms. The number of hydrogen-bond acceptors (Lipinski definition) is 4. The van der Waals surface area contributed by atoms with Crippen molar-refractivity contribution in [1.29, 1.82) is 0 Å². The smallest absolute Gasteiger partial charge is 0.166 e. The molecule has 6 aromatic carbocycles. The average molecular weight is 737 g/mol. The Labute approximate surface area is 335 Å². The molecular weight excluding hydrogens is 681 g/mol. The van der Waals surface area contributed by atoms with Gasteiger partial charge in [0.05, 0.1) is 22.7 Å². The van der Waals surface area contributed by atoms with Crippen molar-refractivity contribution in [3.8, 4) is 0 Å². The molecular formula is C52H56N4. The predicted molar refractivity (Wildman–Crippen MR) is 240 cm³/mol. The molecule has 0 unspecified atom stereocenters. The third kappa shape index (κ3) is 6.35. The molecule has 0 saturated carbocycles. The highest BCUT2D eigenvalue weighted by molar-refractivity contribution is 6.00. The lowest BCUT2D eigenvalue weighted by Crippen LogP contribution is -2.33. The maximum atomic E-state index is 2.51. The zero-order valence-electron chi connectivity index (χ0n) is 35.3. The molecule has 0 bridgehead atoms. The molecule has 0 spiro atoms. The van der Waals surface area contributed by atoms with Crippen molar-refractivity contribution in [3.63, 3.8) is 0 Å². The number of rotatable bonds is 4. The van der Waals surface area contributed by atoms with E-state index in [1.807, 2.05) is 0 Å². The maximum Gasteiger partial charge on any atom is 0.166 e. The fourth-order valence-electron chi connectivity index (χ4n) is 8.00. The molecule has 0 aromatic heterocycles. The van der Waals surface area contributed by atoms with Gasteiger partial charge in [-0.2, -0.15) is 0 Å². The summed E-state index contributed by atoms with van der Waals surface area (Å²) in [5.74, 6) is 2.15. The van der Waals surface area contributed by atoms with Crippen molar-refractivity contribution in [2.24, 2.45) is 0 Å². The molecule has 0 fully saturated rings. The first-order valence-electron chi connectivity index (χ1n) is 20.0. The normalized spacial score (nSPS) is 15.5. The van der Waals surface area contributed by atoms with Crippen LogP contribution < -0.4 is 19.6 Å². The summed E-state index contributed by atoms with van der Waals surface area (Å²) in [5.41, 5.74) is 19.3. The van der Waals surface area contributed by atoms with Gasteiger partial charge in [0.15, 0.2) is 11.6 Å². The van der Waals surface area contributed by atoms with E-state index >= 15 is 0 Å². The summed E-state index contributed by atoms with van der Waals surface area (Å²) < 4.78 is 0. The molecule has 0 N–H and O–H groups in total. The number of nitrogens with zero attached hydrogens (tertiary/aromatic N) is 4. The Morgan fingerprint density at radius 3 is 0.732 bits per heavy atom. The van der Waals surface area contributed by atoms with Gasteiger partial charge in [0.25, 0.3) is 0 Å². The van der Waals surface area contributed by atoms with Crippen LogP contribution in [0.2, 0.25) is 0 Å². The van der Waals surface area contributed by atoms with Gasteiger partial charge in [-0.25, -0.2) is 0 Å². The van der Waals surface area contributed by atoms with Crippen LogP contribution in [0.3, 0.4) is 0 Å². The lowest BCUT2D eigenvalue weighted by atomic mass is 9.87. The lowest BCUT2D eigenvalue weighted by molar-refractivity contribution is 0.590. The van der Waals surface area contributed by atoms with Crippen LogP contribution in [0, 0.1) is 41.5 Å². The second-order valence-corrected chi connectivity index (χ2v) is 18.1. The number of hydrogen-bond donors (Lipinski definition) is 0. The van der Waals surface area contributed by atoms with Crippen LogP contribution in [0.5, 0.6) is 0 Å². The molecule has 0 aliphatic carbocycles. The Morgan fingerprint density at radius 2 is 0.518 bits per heavy atom. The molecule has 0 amide bonds. The zero-order chi connectivity index (χ0) is 39.8. The summed E-state index contributed by atoms with van der Waals surface area (Å²) in [6, 6.07) is 46.0. The first kappa shape index (κ1) is 37.2. The van der Waals surface area contributed by atoms with E-state index in [0.29, 0.717) is 0 Å². The maximum absolute atomic E-state index is 2.51. The van der Waals surface area contributed by atoms with Crippen LogP contribution >= 0.6 is 0 Å². The molecule has 4 heteroatoms. The molecule has 0 atom stereocenters. The van der Waals surface area contributed by atoms with Crippen LogP contribution in [0.25, 0.3) is 0 Å². The molecule has 2 aliphatic rings. The highest BCUT2D eigenvalue weighted by Crippen LogP contribution is 2.58. The van der Waals surface area contributed by atoms with Crippen molar-refractivity contribution in [2.75, 3.05) is 19.6 Å². The summed E-state index contributed by atoms with van der Waals surface area (Å²) in [6.07, 6.45) is 0. The van der Waals surface area contributed by atoms with E-state index in [1.165, 1.54) is 44.5 Å². The van der Waals surface area contributed by atoms with E-state index in [4.69, 9.17) is 0 Å². The Balaban J connectivity index is 1.54. The molecule has 8 rings (SSSR count). The largest absolute Gasteiger partial charge is 0.291 e. The highest BCUT2D eigenvalue weighted by Gasteiger charge is 2.45. The third-order valence-corrected chi connectivity index (χ3v) is 11.8. The van der Waals surface area contributed by atoms with Gasteiger partial charge in [-0.15, -0.1) is 0 Å². The van der Waals surface area contributed by atoms with Crippen LogP contribution in [0.4, 0.5) is 45.5 Å². The van der Waals surface area contributed by atoms with Gasteiger partial charge in [-0.3, -0.25) is 19.6 Å². The quantitative estimate of drug-likeness (QED) is 0.179. The first-order valence-corrected chi connectivity index (χ1v) is 20.0. The number of fused-ring (bicyclic) bond motifs is 2. The molecule has 4 nitrogen and oxygen atoms in total. The zero-order valence-corrected chi connectivity index (χ0v) is 35.3. The van der Waals surface area contributed by atoms with E-state index in [0.717, 1.165) is 57.1 Å². The topological polar surface area (TPSA) is 13.0 Å². The fourth-order valence-corrected chi connectivity index (χ4v) is 8.00. The molecule has 2 heterocycles. The van der Waals surface area contributed by atoms with Crippen LogP contribution in [0.1, 0.15) is 86.1 Å². The summed E-state index contributed by atoms with van der Waals surface area (Å²) >= 11 is 0. The van der Waals surface area contributed by atoms with Crippen LogP contribution in [-0.2, 0) is 10.8 Å². The van der Waals surface area contributed by atoms with Gasteiger partial charge in [-0.1, -0.05) is 101 Å². The van der Waals surface area contributed by atoms with Gasteiger partial charge in [0.2, 0.25) is 0 Å². The standard InChI is InChI=1S/C52H56N4/c1-33-13-21-41(22-14-33)53-45-29-35(3)37(5)31-47(45)55(43-25-17-39(18-26-43)51(7,8)9)49(53)50-54(42-23-15-34(2)16-24-42)46-30-36(4)38(6)32-48(46)56(50)44-27-19-40(20-28-44)52(10,11)12/h13-32H,1-12H3/b50-49+. The summed E-state index contributed by atoms with van der Waals surface area (Å²) in [6.45, 7) is 27.0. The molecule has 0 radical (unpaired) electrons. The van der Waals surface area contributed by atoms with Crippen molar-refractivity contribution < 1.29 is 0 Å². The van der Waals surface area contributed by atoms with Gasteiger partial charge < -0.3 is 0 Å².